The summed E-state index contributed by atoms with van der Waals surface area (Å²) in [7, 11) is 0. The summed E-state index contributed by atoms with van der Waals surface area (Å²) in [6.45, 7) is 0. The molecule has 1 unspecified atom stereocenters. The number of halogens is 1. The second-order valence-corrected chi connectivity index (χ2v) is 6.42. The Morgan fingerprint density at radius 3 is 2.43 bits per heavy atom. The lowest BCUT2D eigenvalue weighted by Gasteiger charge is -2.30. The minimum Gasteiger partial charge on any atom is -0.485 e. The van der Waals surface area contributed by atoms with E-state index in [4.69, 9.17) is 16.3 Å². The van der Waals surface area contributed by atoms with Crippen LogP contribution in [-0.2, 0) is 0 Å². The van der Waals surface area contributed by atoms with Gasteiger partial charge in [-0.2, -0.15) is 0 Å². The maximum absolute atomic E-state index is 10.3. The lowest BCUT2D eigenvalue weighted by molar-refractivity contribution is 0.0657. The van der Waals surface area contributed by atoms with Gasteiger partial charge < -0.3 is 9.84 Å². The third-order valence-electron chi connectivity index (χ3n) is 4.39. The van der Waals surface area contributed by atoms with E-state index in [1.807, 2.05) is 6.07 Å². The molecule has 1 saturated carbocycles. The summed E-state index contributed by atoms with van der Waals surface area (Å²) in [6, 6.07) is 14.1. The summed E-state index contributed by atoms with van der Waals surface area (Å²) < 4.78 is 6.04. The van der Waals surface area contributed by atoms with E-state index >= 15 is 0 Å². The van der Waals surface area contributed by atoms with E-state index in [1.165, 1.54) is 18.4 Å². The molecule has 108 valence electrons. The predicted molar refractivity (Wildman–Crippen MR) is 82.8 cm³/mol. The Labute approximate surface area is 129 Å². The van der Waals surface area contributed by atoms with Gasteiger partial charge in [0.05, 0.1) is 6.10 Å². The molecule has 1 fully saturated rings. The molecule has 1 aliphatic heterocycles. The van der Waals surface area contributed by atoms with Crippen LogP contribution < -0.4 is 4.74 Å². The molecular formula is C18H17ClO2. The molecule has 2 nitrogen and oxygen atoms in total. The molecule has 3 heteroatoms. The Hall–Kier alpha value is -1.51. The highest BCUT2D eigenvalue weighted by atomic mass is 35.5. The number of hydrogen-bond acceptors (Lipinski definition) is 2. The van der Waals surface area contributed by atoms with Gasteiger partial charge in [-0.1, -0.05) is 35.9 Å². The minimum atomic E-state index is -0.527. The fourth-order valence-electron chi connectivity index (χ4n) is 3.02. The molecule has 4 rings (SSSR count). The number of rotatable bonds is 2. The molecule has 2 atom stereocenters. The van der Waals surface area contributed by atoms with Crippen LogP contribution in [0.15, 0.2) is 42.5 Å². The number of hydrogen-bond donors (Lipinski definition) is 1. The van der Waals surface area contributed by atoms with Crippen LogP contribution in [0.1, 0.15) is 54.1 Å². The predicted octanol–water partition coefficient (Wildman–Crippen LogP) is 4.77. The summed E-state index contributed by atoms with van der Waals surface area (Å²) >= 11 is 5.98. The fourth-order valence-corrected chi connectivity index (χ4v) is 3.20. The smallest absolute Gasteiger partial charge is 0.127 e. The van der Waals surface area contributed by atoms with Gasteiger partial charge in [-0.15, -0.1) is 0 Å². The van der Waals surface area contributed by atoms with E-state index in [-0.39, 0.29) is 6.10 Å². The Bertz CT molecular complexity index is 661. The van der Waals surface area contributed by atoms with Crippen molar-refractivity contribution in [2.45, 2.75) is 37.4 Å². The van der Waals surface area contributed by atoms with Crippen molar-refractivity contribution in [1.29, 1.82) is 0 Å². The van der Waals surface area contributed by atoms with Gasteiger partial charge in [-0.05, 0) is 48.1 Å². The number of ether oxygens (including phenoxy) is 1. The molecule has 2 aromatic rings. The normalized spacial score (nSPS) is 24.3. The zero-order valence-electron chi connectivity index (χ0n) is 11.6. The lowest BCUT2D eigenvalue weighted by Crippen LogP contribution is -2.19. The van der Waals surface area contributed by atoms with Gasteiger partial charge in [0.2, 0.25) is 0 Å². The van der Waals surface area contributed by atoms with E-state index in [2.05, 4.69) is 24.3 Å². The number of benzene rings is 2. The van der Waals surface area contributed by atoms with E-state index in [9.17, 15) is 5.11 Å². The average molecular weight is 301 g/mol. The quantitative estimate of drug-likeness (QED) is 0.865. The number of fused-ring (bicyclic) bond motifs is 1. The van der Waals surface area contributed by atoms with E-state index in [0.29, 0.717) is 11.4 Å². The first-order valence-corrected chi connectivity index (χ1v) is 7.82. The van der Waals surface area contributed by atoms with Gasteiger partial charge in [-0.3, -0.25) is 0 Å². The molecule has 0 aromatic heterocycles. The van der Waals surface area contributed by atoms with Crippen molar-refractivity contribution >= 4 is 11.6 Å². The largest absolute Gasteiger partial charge is 0.485 e. The van der Waals surface area contributed by atoms with Crippen LogP contribution >= 0.6 is 11.6 Å². The number of aliphatic hydroxyl groups excluding tert-OH is 1. The van der Waals surface area contributed by atoms with Gasteiger partial charge in [0.25, 0.3) is 0 Å². The molecule has 21 heavy (non-hydrogen) atoms. The summed E-state index contributed by atoms with van der Waals surface area (Å²) in [5.41, 5.74) is 3.33. The van der Waals surface area contributed by atoms with Crippen LogP contribution in [-0.4, -0.2) is 5.11 Å². The van der Waals surface area contributed by atoms with E-state index < -0.39 is 6.10 Å². The summed E-state index contributed by atoms with van der Waals surface area (Å²) in [4.78, 5) is 0. The molecule has 0 radical (unpaired) electrons. The van der Waals surface area contributed by atoms with Crippen molar-refractivity contribution in [3.05, 3.63) is 64.2 Å². The van der Waals surface area contributed by atoms with Gasteiger partial charge >= 0.3 is 0 Å². The van der Waals surface area contributed by atoms with Gasteiger partial charge in [0.1, 0.15) is 11.9 Å². The zero-order valence-corrected chi connectivity index (χ0v) is 12.4. The highest BCUT2D eigenvalue weighted by Crippen LogP contribution is 2.43. The zero-order chi connectivity index (χ0) is 14.4. The molecule has 1 aliphatic carbocycles. The monoisotopic (exact) mass is 300 g/mol. The maximum Gasteiger partial charge on any atom is 0.127 e. The van der Waals surface area contributed by atoms with Crippen LogP contribution in [0, 0.1) is 0 Å². The Balaban J connectivity index is 1.60. The molecule has 0 spiro atoms. The molecular weight excluding hydrogens is 284 g/mol. The molecule has 2 aliphatic rings. The first-order valence-electron chi connectivity index (χ1n) is 7.45. The van der Waals surface area contributed by atoms with Crippen LogP contribution in [0.4, 0.5) is 0 Å². The highest BCUT2D eigenvalue weighted by molar-refractivity contribution is 6.30. The number of aliphatic hydroxyl groups is 1. The summed E-state index contributed by atoms with van der Waals surface area (Å²) in [5, 5.41) is 11.0. The van der Waals surface area contributed by atoms with Gasteiger partial charge in [0, 0.05) is 17.0 Å². The fraction of sp³-hybridized carbons (Fsp3) is 0.333. The third kappa shape index (κ3) is 2.54. The van der Waals surface area contributed by atoms with Crippen molar-refractivity contribution in [1.82, 2.24) is 0 Å². The van der Waals surface area contributed by atoms with Crippen LogP contribution in [0.2, 0.25) is 5.02 Å². The van der Waals surface area contributed by atoms with Crippen molar-refractivity contribution in [3.63, 3.8) is 0 Å². The summed E-state index contributed by atoms with van der Waals surface area (Å²) in [5.74, 6) is 1.49. The average Bonchev–Trinajstić information content (AvgIpc) is 3.33. The Morgan fingerprint density at radius 1 is 1.00 bits per heavy atom. The second-order valence-electron chi connectivity index (χ2n) is 5.98. The molecule has 0 bridgehead atoms. The van der Waals surface area contributed by atoms with Crippen molar-refractivity contribution < 1.29 is 9.84 Å². The topological polar surface area (TPSA) is 29.5 Å². The van der Waals surface area contributed by atoms with Crippen molar-refractivity contribution in [3.8, 4) is 5.75 Å². The first-order chi connectivity index (χ1) is 10.2. The summed E-state index contributed by atoms with van der Waals surface area (Å²) in [6.07, 6.45) is 2.57. The minimum absolute atomic E-state index is 0.0954. The Kier molecular flexibility index (Phi) is 3.16. The van der Waals surface area contributed by atoms with Gasteiger partial charge in [0.15, 0.2) is 0 Å². The lowest BCUT2D eigenvalue weighted by atomic mass is 9.94. The highest BCUT2D eigenvalue weighted by Gasteiger charge is 2.29. The van der Waals surface area contributed by atoms with Crippen LogP contribution in [0.25, 0.3) is 0 Å². The van der Waals surface area contributed by atoms with Crippen LogP contribution in [0.5, 0.6) is 5.75 Å². The third-order valence-corrected chi connectivity index (χ3v) is 4.63. The van der Waals surface area contributed by atoms with E-state index in [0.717, 1.165) is 22.8 Å². The van der Waals surface area contributed by atoms with E-state index in [1.54, 1.807) is 12.1 Å². The SMILES string of the molecule is O[C@H]1CC(c2ccc(C3CC3)cc2)Oc2ccc(Cl)cc21. The molecule has 2 aromatic carbocycles. The van der Waals surface area contributed by atoms with Crippen molar-refractivity contribution in [2.24, 2.45) is 0 Å². The second kappa shape index (κ2) is 5.04. The maximum atomic E-state index is 10.3. The molecule has 0 saturated heterocycles. The standard InChI is InChI=1S/C18H17ClO2/c19-14-7-8-17-15(9-14)16(20)10-18(21-17)13-5-3-12(4-6-13)11-1-2-11/h3-9,11,16,18,20H,1-2,10H2/t16-,18?/m0/s1. The first kappa shape index (κ1) is 13.2. The molecule has 0 amide bonds. The Morgan fingerprint density at radius 2 is 1.71 bits per heavy atom. The van der Waals surface area contributed by atoms with Crippen LogP contribution in [0.3, 0.4) is 0 Å². The van der Waals surface area contributed by atoms with Crippen molar-refractivity contribution in [2.75, 3.05) is 0 Å². The van der Waals surface area contributed by atoms with Gasteiger partial charge in [-0.25, -0.2) is 0 Å². The molecule has 1 N–H and O–H groups in total. The molecule has 1 heterocycles.